The van der Waals surface area contributed by atoms with Crippen LogP contribution in [0.4, 0.5) is 11.5 Å². The van der Waals surface area contributed by atoms with Crippen LogP contribution in [0.1, 0.15) is 42.3 Å². The molecule has 3 aromatic rings. The second-order valence-electron chi connectivity index (χ2n) is 9.03. The van der Waals surface area contributed by atoms with Crippen molar-refractivity contribution in [2.75, 3.05) is 43.4 Å². The van der Waals surface area contributed by atoms with E-state index < -0.39 is 0 Å². The van der Waals surface area contributed by atoms with E-state index in [2.05, 4.69) is 34.1 Å². The number of pyridine rings is 1. The second kappa shape index (κ2) is 8.82. The third-order valence-corrected chi connectivity index (χ3v) is 6.62. The first-order chi connectivity index (χ1) is 15.6. The highest BCUT2D eigenvalue weighted by atomic mass is 16.2. The molecule has 2 aromatic heterocycles. The van der Waals surface area contributed by atoms with Crippen LogP contribution in [0.3, 0.4) is 0 Å². The van der Waals surface area contributed by atoms with Gasteiger partial charge < -0.3 is 10.2 Å². The van der Waals surface area contributed by atoms with Crippen molar-refractivity contribution in [3.8, 4) is 0 Å². The third-order valence-electron chi connectivity index (χ3n) is 6.62. The quantitative estimate of drug-likeness (QED) is 0.683. The number of carbonyl (C=O) groups excluding carboxylic acids is 1. The van der Waals surface area contributed by atoms with E-state index in [4.69, 9.17) is 9.97 Å². The molecule has 1 aromatic carbocycles. The molecule has 5 rings (SSSR count). The molecule has 7 nitrogen and oxygen atoms in total. The van der Waals surface area contributed by atoms with Gasteiger partial charge in [0.1, 0.15) is 11.6 Å². The van der Waals surface area contributed by atoms with Crippen molar-refractivity contribution in [1.29, 1.82) is 0 Å². The number of rotatable bonds is 4. The van der Waals surface area contributed by atoms with Crippen molar-refractivity contribution in [3.05, 3.63) is 53.6 Å². The Balaban J connectivity index is 1.25. The first-order valence-electron chi connectivity index (χ1n) is 11.5. The van der Waals surface area contributed by atoms with Gasteiger partial charge >= 0.3 is 0 Å². The van der Waals surface area contributed by atoms with Crippen molar-refractivity contribution < 1.29 is 4.79 Å². The Bertz CT molecular complexity index is 1150. The van der Waals surface area contributed by atoms with E-state index in [-0.39, 0.29) is 11.8 Å². The van der Waals surface area contributed by atoms with E-state index in [1.54, 1.807) is 6.20 Å². The number of hydrogen-bond donors (Lipinski definition) is 1. The fourth-order valence-electron chi connectivity index (χ4n) is 4.96. The minimum absolute atomic E-state index is 0.0103. The Hall–Kier alpha value is -3.06. The highest BCUT2D eigenvalue weighted by Gasteiger charge is 2.27. The van der Waals surface area contributed by atoms with Crippen molar-refractivity contribution in [2.24, 2.45) is 0 Å². The molecule has 0 spiro atoms. The number of amides is 1. The number of aryl methyl sites for hydroxylation is 1. The molecule has 1 N–H and O–H groups in total. The molecule has 1 amide bonds. The topological polar surface area (TPSA) is 74.2 Å². The van der Waals surface area contributed by atoms with Gasteiger partial charge in [-0.15, -0.1) is 0 Å². The number of likely N-dealkylation sites (tertiary alicyclic amines) is 1. The van der Waals surface area contributed by atoms with Gasteiger partial charge in [0.05, 0.1) is 12.1 Å². The van der Waals surface area contributed by atoms with Gasteiger partial charge in [-0.2, -0.15) is 0 Å². The Labute approximate surface area is 188 Å². The van der Waals surface area contributed by atoms with Crippen LogP contribution in [0.15, 0.2) is 36.5 Å². The van der Waals surface area contributed by atoms with Gasteiger partial charge in [-0.25, -0.2) is 9.97 Å². The largest absolute Gasteiger partial charge is 0.359 e. The zero-order chi connectivity index (χ0) is 22.1. The van der Waals surface area contributed by atoms with Gasteiger partial charge in [0.15, 0.2) is 0 Å². The van der Waals surface area contributed by atoms with Crippen molar-refractivity contribution in [3.63, 3.8) is 0 Å². The minimum Gasteiger partial charge on any atom is -0.359 e. The number of hydrogen-bond acceptors (Lipinski definition) is 6. The maximum atomic E-state index is 12.7. The van der Waals surface area contributed by atoms with E-state index in [0.29, 0.717) is 6.54 Å². The lowest BCUT2D eigenvalue weighted by molar-refractivity contribution is -0.117. The SMILES string of the molecule is Cc1nc([C@H]2CCCN(CC(=O)Nc3ccc4ncccc4c3)C2)nc2c1CCCN2C. The molecular weight excluding hydrogens is 400 g/mol. The molecule has 0 radical (unpaired) electrons. The minimum atomic E-state index is 0.0103. The maximum Gasteiger partial charge on any atom is 0.238 e. The van der Waals surface area contributed by atoms with E-state index in [9.17, 15) is 4.79 Å². The average Bonchev–Trinajstić information content (AvgIpc) is 2.80. The molecule has 166 valence electrons. The summed E-state index contributed by atoms with van der Waals surface area (Å²) in [6.07, 6.45) is 6.12. The molecule has 0 aliphatic carbocycles. The first kappa shape index (κ1) is 20.8. The van der Waals surface area contributed by atoms with Crippen LogP contribution in [-0.2, 0) is 11.2 Å². The fourth-order valence-corrected chi connectivity index (χ4v) is 4.96. The first-order valence-corrected chi connectivity index (χ1v) is 11.5. The number of carbonyl (C=O) groups is 1. The van der Waals surface area contributed by atoms with Gasteiger partial charge in [0.25, 0.3) is 0 Å². The van der Waals surface area contributed by atoms with Gasteiger partial charge in [0.2, 0.25) is 5.91 Å². The van der Waals surface area contributed by atoms with Gasteiger partial charge in [0, 0.05) is 54.6 Å². The normalized spacial score (nSPS) is 19.1. The van der Waals surface area contributed by atoms with Crippen molar-refractivity contribution in [1.82, 2.24) is 19.9 Å². The Morgan fingerprint density at radius 2 is 2.09 bits per heavy atom. The molecule has 1 saturated heterocycles. The molecule has 0 saturated carbocycles. The number of benzene rings is 1. The van der Waals surface area contributed by atoms with E-state index in [1.807, 2.05) is 30.3 Å². The van der Waals surface area contributed by atoms with Gasteiger partial charge in [-0.1, -0.05) is 6.07 Å². The van der Waals surface area contributed by atoms with Crippen molar-refractivity contribution >= 4 is 28.3 Å². The molecule has 4 heterocycles. The van der Waals surface area contributed by atoms with Crippen LogP contribution in [0.5, 0.6) is 0 Å². The summed E-state index contributed by atoms with van der Waals surface area (Å²) < 4.78 is 0. The monoisotopic (exact) mass is 430 g/mol. The predicted octanol–water partition coefficient (Wildman–Crippen LogP) is 3.53. The Morgan fingerprint density at radius 1 is 1.19 bits per heavy atom. The highest BCUT2D eigenvalue weighted by Crippen LogP contribution is 2.31. The molecular formula is C25H30N6O. The molecule has 2 aliphatic heterocycles. The number of nitrogens with zero attached hydrogens (tertiary/aromatic N) is 5. The van der Waals surface area contributed by atoms with Crippen LogP contribution in [0, 0.1) is 6.92 Å². The van der Waals surface area contributed by atoms with Crippen LogP contribution < -0.4 is 10.2 Å². The lowest BCUT2D eigenvalue weighted by Crippen LogP contribution is -2.40. The number of piperidine rings is 1. The van der Waals surface area contributed by atoms with E-state index >= 15 is 0 Å². The van der Waals surface area contributed by atoms with Gasteiger partial charge in [-0.05, 0) is 63.4 Å². The highest BCUT2D eigenvalue weighted by molar-refractivity contribution is 5.94. The molecule has 32 heavy (non-hydrogen) atoms. The number of nitrogens with one attached hydrogen (secondary N) is 1. The van der Waals surface area contributed by atoms with Crippen LogP contribution in [-0.4, -0.2) is 59.0 Å². The molecule has 7 heteroatoms. The molecule has 0 bridgehead atoms. The zero-order valence-corrected chi connectivity index (χ0v) is 18.8. The van der Waals surface area contributed by atoms with E-state index in [0.717, 1.165) is 79.2 Å². The Kier molecular flexibility index (Phi) is 5.74. The molecule has 2 aliphatic rings. The van der Waals surface area contributed by atoms with Crippen molar-refractivity contribution in [2.45, 2.75) is 38.5 Å². The summed E-state index contributed by atoms with van der Waals surface area (Å²) in [5.41, 5.74) is 4.13. The third kappa shape index (κ3) is 4.30. The summed E-state index contributed by atoms with van der Waals surface area (Å²) in [4.78, 5) is 31.4. The summed E-state index contributed by atoms with van der Waals surface area (Å²) in [6.45, 7) is 5.28. The smallest absolute Gasteiger partial charge is 0.238 e. The summed E-state index contributed by atoms with van der Waals surface area (Å²) in [5, 5.41) is 4.07. The van der Waals surface area contributed by atoms with Crippen LogP contribution in [0.2, 0.25) is 0 Å². The van der Waals surface area contributed by atoms with E-state index in [1.165, 1.54) is 5.56 Å². The van der Waals surface area contributed by atoms with Gasteiger partial charge in [-0.3, -0.25) is 14.7 Å². The zero-order valence-electron chi connectivity index (χ0n) is 18.8. The number of fused-ring (bicyclic) bond motifs is 2. The second-order valence-corrected chi connectivity index (χ2v) is 9.03. The summed E-state index contributed by atoms with van der Waals surface area (Å²) in [7, 11) is 2.12. The molecule has 1 fully saturated rings. The standard InChI is InChI=1S/C25H30N6O/c1-17-21-8-5-12-30(2)25(21)29-24(27-17)19-7-4-13-31(15-19)16-23(32)28-20-9-10-22-18(14-20)6-3-11-26-22/h3,6,9-11,14,19H,4-5,7-8,12-13,15-16H2,1-2H3,(H,28,32)/t19-/m0/s1. The summed E-state index contributed by atoms with van der Waals surface area (Å²) in [6, 6.07) is 9.73. The lowest BCUT2D eigenvalue weighted by atomic mass is 9.96. The molecule has 1 atom stereocenters. The predicted molar refractivity (Wildman–Crippen MR) is 127 cm³/mol. The average molecular weight is 431 g/mol. The maximum absolute atomic E-state index is 12.7. The van der Waals surface area contributed by atoms with Crippen LogP contribution >= 0.6 is 0 Å². The van der Waals surface area contributed by atoms with Crippen LogP contribution in [0.25, 0.3) is 10.9 Å². The summed E-state index contributed by atoms with van der Waals surface area (Å²) in [5.74, 6) is 2.31. The summed E-state index contributed by atoms with van der Waals surface area (Å²) >= 11 is 0. The Morgan fingerprint density at radius 3 is 3.00 bits per heavy atom. The lowest BCUT2D eigenvalue weighted by Gasteiger charge is -2.33. The fraction of sp³-hybridized carbons (Fsp3) is 0.440. The number of anilines is 2. The molecule has 0 unspecified atom stereocenters. The number of aromatic nitrogens is 3.